The molecule has 5 nitrogen and oxygen atoms in total. The number of hydrogen-bond donors (Lipinski definition) is 1. The average molecular weight is 174 g/mol. The van der Waals surface area contributed by atoms with E-state index >= 15 is 0 Å². The van der Waals surface area contributed by atoms with Crippen LogP contribution >= 0.6 is 0 Å². The first-order valence-corrected chi connectivity index (χ1v) is 3.68. The summed E-state index contributed by atoms with van der Waals surface area (Å²) in [6.45, 7) is 0. The van der Waals surface area contributed by atoms with E-state index < -0.39 is 0 Å². The molecule has 0 fully saturated rings. The molecule has 0 unspecified atom stereocenters. The van der Waals surface area contributed by atoms with Gasteiger partial charge < -0.3 is 0 Å². The van der Waals surface area contributed by atoms with E-state index in [0.29, 0.717) is 17.7 Å². The van der Waals surface area contributed by atoms with Gasteiger partial charge >= 0.3 is 0 Å². The van der Waals surface area contributed by atoms with Gasteiger partial charge in [-0.2, -0.15) is 15.4 Å². The van der Waals surface area contributed by atoms with Crippen molar-refractivity contribution in [3.8, 4) is 11.3 Å². The number of hydrogen-bond acceptors (Lipinski definition) is 4. The Bertz CT molecular complexity index is 409. The molecule has 0 aliphatic carbocycles. The molecule has 2 heterocycles. The summed E-state index contributed by atoms with van der Waals surface area (Å²) in [7, 11) is 0. The molecule has 2 aromatic heterocycles. The van der Waals surface area contributed by atoms with Crippen molar-refractivity contribution in [1.82, 2.24) is 20.4 Å². The third kappa shape index (κ3) is 1.31. The van der Waals surface area contributed by atoms with Crippen LogP contribution in [0.5, 0.6) is 0 Å². The van der Waals surface area contributed by atoms with Gasteiger partial charge in [-0.3, -0.25) is 9.78 Å². The zero-order chi connectivity index (χ0) is 9.10. The highest BCUT2D eigenvalue weighted by Crippen LogP contribution is 2.16. The summed E-state index contributed by atoms with van der Waals surface area (Å²) in [6.07, 6.45) is 3.94. The molecule has 2 rings (SSSR count). The standard InChI is InChI=1S/C8H6N4O/c13-5-7-8(11-12-10-7)6-1-3-9-4-2-6/h1-5H,(H,10,11,12). The van der Waals surface area contributed by atoms with Gasteiger partial charge in [-0.15, -0.1) is 0 Å². The minimum atomic E-state index is 0.311. The Balaban J connectivity index is 2.52. The molecular weight excluding hydrogens is 168 g/mol. The SMILES string of the molecule is O=Cc1n[nH]nc1-c1ccncc1. The summed E-state index contributed by atoms with van der Waals surface area (Å²) in [5.74, 6) is 0. The molecule has 0 amide bonds. The van der Waals surface area contributed by atoms with Gasteiger partial charge in [0.1, 0.15) is 5.69 Å². The first-order chi connectivity index (χ1) is 6.42. The Labute approximate surface area is 73.8 Å². The fourth-order valence-corrected chi connectivity index (χ4v) is 1.04. The quantitative estimate of drug-likeness (QED) is 0.679. The lowest BCUT2D eigenvalue weighted by Crippen LogP contribution is -1.85. The highest BCUT2D eigenvalue weighted by atomic mass is 16.1. The molecular formula is C8H6N4O. The lowest BCUT2D eigenvalue weighted by molar-refractivity contribution is 0.111. The van der Waals surface area contributed by atoms with Crippen LogP contribution in [0.25, 0.3) is 11.3 Å². The van der Waals surface area contributed by atoms with Crippen LogP contribution in [0, 0.1) is 0 Å². The number of carbonyl (C=O) groups is 1. The predicted octanol–water partition coefficient (Wildman–Crippen LogP) is 0.679. The third-order valence-electron chi connectivity index (χ3n) is 1.64. The highest BCUT2D eigenvalue weighted by Gasteiger charge is 2.07. The van der Waals surface area contributed by atoms with Crippen molar-refractivity contribution >= 4 is 6.29 Å². The second-order valence-electron chi connectivity index (χ2n) is 2.41. The average Bonchev–Trinajstić information content (AvgIpc) is 2.67. The maximum absolute atomic E-state index is 10.5. The Morgan fingerprint density at radius 2 is 2.00 bits per heavy atom. The van der Waals surface area contributed by atoms with Crippen molar-refractivity contribution in [2.24, 2.45) is 0 Å². The first-order valence-electron chi connectivity index (χ1n) is 3.68. The maximum atomic E-state index is 10.5. The van der Waals surface area contributed by atoms with Gasteiger partial charge in [0.15, 0.2) is 12.0 Å². The summed E-state index contributed by atoms with van der Waals surface area (Å²) in [6, 6.07) is 3.54. The normalized spacial score (nSPS) is 9.85. The zero-order valence-electron chi connectivity index (χ0n) is 6.64. The highest BCUT2D eigenvalue weighted by molar-refractivity contribution is 5.82. The van der Waals surface area contributed by atoms with Crippen molar-refractivity contribution in [1.29, 1.82) is 0 Å². The molecule has 0 aliphatic rings. The minimum absolute atomic E-state index is 0.311. The summed E-state index contributed by atoms with van der Waals surface area (Å²) in [5, 5.41) is 9.94. The molecule has 0 spiro atoms. The van der Waals surface area contributed by atoms with Crippen LogP contribution in [0.2, 0.25) is 0 Å². The topological polar surface area (TPSA) is 71.5 Å². The van der Waals surface area contributed by atoms with Crippen molar-refractivity contribution < 1.29 is 4.79 Å². The van der Waals surface area contributed by atoms with Gasteiger partial charge in [0, 0.05) is 18.0 Å². The van der Waals surface area contributed by atoms with Crippen LogP contribution in [-0.2, 0) is 0 Å². The van der Waals surface area contributed by atoms with Crippen molar-refractivity contribution in [3.05, 3.63) is 30.2 Å². The third-order valence-corrected chi connectivity index (χ3v) is 1.64. The van der Waals surface area contributed by atoms with Crippen LogP contribution in [0.15, 0.2) is 24.5 Å². The molecule has 64 valence electrons. The van der Waals surface area contributed by atoms with Crippen LogP contribution in [0.3, 0.4) is 0 Å². The molecule has 0 aromatic carbocycles. The fourth-order valence-electron chi connectivity index (χ4n) is 1.04. The van der Waals surface area contributed by atoms with Gasteiger partial charge in [-0.1, -0.05) is 0 Å². The molecule has 0 aliphatic heterocycles. The van der Waals surface area contributed by atoms with Crippen molar-refractivity contribution in [3.63, 3.8) is 0 Å². The zero-order valence-corrected chi connectivity index (χ0v) is 6.64. The largest absolute Gasteiger partial charge is 0.296 e. The van der Waals surface area contributed by atoms with Crippen LogP contribution in [-0.4, -0.2) is 26.7 Å². The van der Waals surface area contributed by atoms with E-state index in [4.69, 9.17) is 0 Å². The van der Waals surface area contributed by atoms with Gasteiger partial charge in [0.25, 0.3) is 0 Å². The Morgan fingerprint density at radius 3 is 2.69 bits per heavy atom. The van der Waals surface area contributed by atoms with Crippen LogP contribution in [0.4, 0.5) is 0 Å². The molecule has 5 heteroatoms. The summed E-state index contributed by atoms with van der Waals surface area (Å²) in [5.41, 5.74) is 1.69. The maximum Gasteiger partial charge on any atom is 0.172 e. The minimum Gasteiger partial charge on any atom is -0.296 e. The van der Waals surface area contributed by atoms with Gasteiger partial charge in [-0.25, -0.2) is 0 Å². The molecule has 1 N–H and O–H groups in total. The molecule has 0 bridgehead atoms. The monoisotopic (exact) mass is 174 g/mol. The smallest absolute Gasteiger partial charge is 0.172 e. The number of aromatic amines is 1. The first kappa shape index (κ1) is 7.60. The van der Waals surface area contributed by atoms with E-state index in [1.54, 1.807) is 24.5 Å². The summed E-state index contributed by atoms with van der Waals surface area (Å²) >= 11 is 0. The van der Waals surface area contributed by atoms with E-state index in [1.165, 1.54) is 0 Å². The van der Waals surface area contributed by atoms with Crippen molar-refractivity contribution in [2.75, 3.05) is 0 Å². The van der Waals surface area contributed by atoms with E-state index in [9.17, 15) is 4.79 Å². The summed E-state index contributed by atoms with van der Waals surface area (Å²) in [4.78, 5) is 14.4. The van der Waals surface area contributed by atoms with Gasteiger partial charge in [0.2, 0.25) is 0 Å². The number of carbonyl (C=O) groups excluding carboxylic acids is 1. The lowest BCUT2D eigenvalue weighted by Gasteiger charge is -1.93. The van der Waals surface area contributed by atoms with E-state index in [-0.39, 0.29) is 0 Å². The number of nitrogens with zero attached hydrogens (tertiary/aromatic N) is 3. The fraction of sp³-hybridized carbons (Fsp3) is 0. The van der Waals surface area contributed by atoms with E-state index in [1.807, 2.05) is 0 Å². The van der Waals surface area contributed by atoms with Gasteiger partial charge in [-0.05, 0) is 12.1 Å². The molecule has 2 aromatic rings. The van der Waals surface area contributed by atoms with Gasteiger partial charge in [0.05, 0.1) is 0 Å². The number of H-pyrrole nitrogens is 1. The molecule has 13 heavy (non-hydrogen) atoms. The second kappa shape index (κ2) is 3.14. The van der Waals surface area contributed by atoms with E-state index in [2.05, 4.69) is 20.4 Å². The predicted molar refractivity (Wildman–Crippen MR) is 45.0 cm³/mol. The second-order valence-corrected chi connectivity index (χ2v) is 2.41. The molecule has 0 saturated heterocycles. The molecule has 0 radical (unpaired) electrons. The molecule has 0 atom stereocenters. The summed E-state index contributed by atoms with van der Waals surface area (Å²) < 4.78 is 0. The molecule has 0 saturated carbocycles. The number of pyridine rings is 1. The number of aromatic nitrogens is 4. The van der Waals surface area contributed by atoms with E-state index in [0.717, 1.165) is 5.56 Å². The van der Waals surface area contributed by atoms with Crippen LogP contribution < -0.4 is 0 Å². The lowest BCUT2D eigenvalue weighted by atomic mass is 10.2. The Morgan fingerprint density at radius 1 is 1.23 bits per heavy atom. The van der Waals surface area contributed by atoms with Crippen LogP contribution in [0.1, 0.15) is 10.5 Å². The Hall–Kier alpha value is -2.04. The van der Waals surface area contributed by atoms with Crippen molar-refractivity contribution in [2.45, 2.75) is 0 Å². The number of nitrogens with one attached hydrogen (secondary N) is 1. The number of aldehydes is 1. The number of rotatable bonds is 2. The Kier molecular flexibility index (Phi) is 1.84.